The first-order valence-corrected chi connectivity index (χ1v) is 10.1. The Morgan fingerprint density at radius 1 is 0.933 bits per heavy atom. The van der Waals surface area contributed by atoms with Crippen LogP contribution in [-0.4, -0.2) is 29.2 Å². The summed E-state index contributed by atoms with van der Waals surface area (Å²) in [5, 5.41) is 0. The van der Waals surface area contributed by atoms with Crippen molar-refractivity contribution in [1.29, 1.82) is 0 Å². The third-order valence-electron chi connectivity index (χ3n) is 4.94. The average Bonchev–Trinajstić information content (AvgIpc) is 3.18. The Hall–Kier alpha value is -3.60. The fraction of sp³-hybridized carbons (Fsp3) is 0.200. The van der Waals surface area contributed by atoms with Crippen LogP contribution in [0.5, 0.6) is 5.75 Å². The lowest BCUT2D eigenvalue weighted by Gasteiger charge is -2.10. The Morgan fingerprint density at radius 3 is 2.40 bits per heavy atom. The Morgan fingerprint density at radius 2 is 1.67 bits per heavy atom. The van der Waals surface area contributed by atoms with Gasteiger partial charge in [0, 0.05) is 23.7 Å². The van der Waals surface area contributed by atoms with E-state index in [1.165, 1.54) is 7.11 Å². The lowest BCUT2D eigenvalue weighted by Crippen LogP contribution is -2.02. The Labute approximate surface area is 175 Å². The summed E-state index contributed by atoms with van der Waals surface area (Å²) in [5.41, 5.74) is 4.01. The summed E-state index contributed by atoms with van der Waals surface area (Å²) in [7, 11) is 1.41. The van der Waals surface area contributed by atoms with E-state index in [1.807, 2.05) is 54.6 Å². The van der Waals surface area contributed by atoms with Gasteiger partial charge in [-0.15, -0.1) is 0 Å². The van der Waals surface area contributed by atoms with Crippen molar-refractivity contribution >= 4 is 17.0 Å². The van der Waals surface area contributed by atoms with Crippen molar-refractivity contribution < 1.29 is 14.3 Å². The second-order valence-corrected chi connectivity index (χ2v) is 7.00. The van der Waals surface area contributed by atoms with Crippen LogP contribution in [0.4, 0.5) is 0 Å². The summed E-state index contributed by atoms with van der Waals surface area (Å²) in [6.07, 6.45) is 1.95. The zero-order valence-electron chi connectivity index (χ0n) is 17.0. The standard InChI is InChI=1S/C25H24N2O3/c1-29-24(28)14-8-9-17-30-21-15-16-22-23(18-21)27(20-12-6-3-7-13-20)25(26-22)19-10-4-2-5-11-19/h2-7,10-13,15-16,18H,8-9,14,17H2,1H3. The minimum absolute atomic E-state index is 0.184. The van der Waals surface area contributed by atoms with Crippen molar-refractivity contribution in [2.24, 2.45) is 0 Å². The lowest BCUT2D eigenvalue weighted by molar-refractivity contribution is -0.140. The van der Waals surface area contributed by atoms with Crippen molar-refractivity contribution in [3.63, 3.8) is 0 Å². The Balaban J connectivity index is 1.63. The van der Waals surface area contributed by atoms with Gasteiger partial charge in [0.2, 0.25) is 0 Å². The zero-order chi connectivity index (χ0) is 20.8. The number of rotatable bonds is 8. The number of carbonyl (C=O) groups excluding carboxylic acids is 1. The number of hydrogen-bond acceptors (Lipinski definition) is 4. The predicted molar refractivity (Wildman–Crippen MR) is 118 cm³/mol. The summed E-state index contributed by atoms with van der Waals surface area (Å²) in [6.45, 7) is 0.549. The maximum atomic E-state index is 11.2. The molecule has 0 atom stereocenters. The molecule has 0 amide bonds. The second kappa shape index (κ2) is 9.27. The van der Waals surface area contributed by atoms with Crippen molar-refractivity contribution in [3.8, 4) is 22.8 Å². The quantitative estimate of drug-likeness (QED) is 0.293. The van der Waals surface area contributed by atoms with Gasteiger partial charge in [-0.05, 0) is 37.1 Å². The number of aromatic nitrogens is 2. The van der Waals surface area contributed by atoms with Gasteiger partial charge in [0.15, 0.2) is 0 Å². The van der Waals surface area contributed by atoms with Crippen LogP contribution in [0.3, 0.4) is 0 Å². The number of unbranched alkanes of at least 4 members (excludes halogenated alkanes) is 1. The highest BCUT2D eigenvalue weighted by Crippen LogP contribution is 2.30. The molecular formula is C25H24N2O3. The van der Waals surface area contributed by atoms with E-state index in [2.05, 4.69) is 33.6 Å². The molecule has 4 rings (SSSR count). The summed E-state index contributed by atoms with van der Waals surface area (Å²) >= 11 is 0. The number of nitrogens with zero attached hydrogens (tertiary/aromatic N) is 2. The third kappa shape index (κ3) is 4.35. The molecule has 0 aliphatic rings. The molecule has 30 heavy (non-hydrogen) atoms. The van der Waals surface area contributed by atoms with Gasteiger partial charge in [-0.2, -0.15) is 0 Å². The maximum absolute atomic E-state index is 11.2. The van der Waals surface area contributed by atoms with Gasteiger partial charge in [0.05, 0.1) is 24.8 Å². The van der Waals surface area contributed by atoms with Crippen molar-refractivity contribution in [3.05, 3.63) is 78.9 Å². The molecule has 5 nitrogen and oxygen atoms in total. The molecule has 0 fully saturated rings. The highest BCUT2D eigenvalue weighted by molar-refractivity contribution is 5.84. The first-order chi connectivity index (χ1) is 14.8. The molecule has 0 saturated heterocycles. The molecule has 0 N–H and O–H groups in total. The largest absolute Gasteiger partial charge is 0.494 e. The Bertz CT molecular complexity index is 1120. The summed E-state index contributed by atoms with van der Waals surface area (Å²) < 4.78 is 12.8. The van der Waals surface area contributed by atoms with E-state index >= 15 is 0 Å². The lowest BCUT2D eigenvalue weighted by atomic mass is 10.2. The van der Waals surface area contributed by atoms with Gasteiger partial charge < -0.3 is 9.47 Å². The number of para-hydroxylation sites is 1. The van der Waals surface area contributed by atoms with Gasteiger partial charge in [-0.25, -0.2) is 4.98 Å². The molecule has 3 aromatic carbocycles. The number of methoxy groups -OCH3 is 1. The van der Waals surface area contributed by atoms with Crippen LogP contribution in [0.25, 0.3) is 28.1 Å². The van der Waals surface area contributed by atoms with Gasteiger partial charge in [0.1, 0.15) is 11.6 Å². The fourth-order valence-electron chi connectivity index (χ4n) is 3.43. The molecule has 0 aliphatic heterocycles. The molecule has 0 aliphatic carbocycles. The molecule has 0 spiro atoms. The number of carbonyl (C=O) groups is 1. The van der Waals surface area contributed by atoms with Crippen LogP contribution in [-0.2, 0) is 9.53 Å². The molecule has 0 unspecified atom stereocenters. The van der Waals surface area contributed by atoms with Gasteiger partial charge >= 0.3 is 5.97 Å². The summed E-state index contributed by atoms with van der Waals surface area (Å²) in [4.78, 5) is 16.1. The molecule has 5 heteroatoms. The summed E-state index contributed by atoms with van der Waals surface area (Å²) in [5.74, 6) is 1.50. The predicted octanol–water partition coefficient (Wildman–Crippen LogP) is 5.41. The van der Waals surface area contributed by atoms with E-state index < -0.39 is 0 Å². The van der Waals surface area contributed by atoms with Gasteiger partial charge in [-0.3, -0.25) is 9.36 Å². The monoisotopic (exact) mass is 400 g/mol. The topological polar surface area (TPSA) is 53.4 Å². The van der Waals surface area contributed by atoms with E-state index in [9.17, 15) is 4.79 Å². The van der Waals surface area contributed by atoms with Crippen LogP contribution in [0.1, 0.15) is 19.3 Å². The van der Waals surface area contributed by atoms with Crippen LogP contribution in [0.15, 0.2) is 78.9 Å². The number of fused-ring (bicyclic) bond motifs is 1. The van der Waals surface area contributed by atoms with Crippen molar-refractivity contribution in [1.82, 2.24) is 9.55 Å². The van der Waals surface area contributed by atoms with E-state index in [0.717, 1.165) is 46.7 Å². The number of esters is 1. The normalized spacial score (nSPS) is 10.8. The number of benzene rings is 3. The highest BCUT2D eigenvalue weighted by Gasteiger charge is 2.15. The molecule has 0 radical (unpaired) electrons. The van der Waals surface area contributed by atoms with Gasteiger partial charge in [0.25, 0.3) is 0 Å². The molecule has 1 heterocycles. The number of ether oxygens (including phenoxy) is 2. The first-order valence-electron chi connectivity index (χ1n) is 10.1. The van der Waals surface area contributed by atoms with E-state index in [0.29, 0.717) is 13.0 Å². The van der Waals surface area contributed by atoms with Crippen LogP contribution >= 0.6 is 0 Å². The van der Waals surface area contributed by atoms with E-state index in [4.69, 9.17) is 9.72 Å². The highest BCUT2D eigenvalue weighted by atomic mass is 16.5. The second-order valence-electron chi connectivity index (χ2n) is 7.00. The van der Waals surface area contributed by atoms with Crippen molar-refractivity contribution in [2.45, 2.75) is 19.3 Å². The SMILES string of the molecule is COC(=O)CCCCOc1ccc2nc(-c3ccccc3)n(-c3ccccc3)c2c1. The molecule has 152 valence electrons. The van der Waals surface area contributed by atoms with Gasteiger partial charge in [-0.1, -0.05) is 48.5 Å². The molecule has 0 bridgehead atoms. The zero-order valence-corrected chi connectivity index (χ0v) is 17.0. The molecular weight excluding hydrogens is 376 g/mol. The van der Waals surface area contributed by atoms with E-state index in [1.54, 1.807) is 0 Å². The van der Waals surface area contributed by atoms with E-state index in [-0.39, 0.29) is 5.97 Å². The molecule has 0 saturated carbocycles. The van der Waals surface area contributed by atoms with Crippen LogP contribution in [0, 0.1) is 0 Å². The molecule has 1 aromatic heterocycles. The Kier molecular flexibility index (Phi) is 6.09. The smallest absolute Gasteiger partial charge is 0.305 e. The number of hydrogen-bond donors (Lipinski definition) is 0. The van der Waals surface area contributed by atoms with Crippen LogP contribution < -0.4 is 4.74 Å². The minimum atomic E-state index is -0.184. The first kappa shape index (κ1) is 19.7. The maximum Gasteiger partial charge on any atom is 0.305 e. The minimum Gasteiger partial charge on any atom is -0.494 e. The summed E-state index contributed by atoms with van der Waals surface area (Å²) in [6, 6.07) is 26.4. The van der Waals surface area contributed by atoms with Crippen LogP contribution in [0.2, 0.25) is 0 Å². The fourth-order valence-corrected chi connectivity index (χ4v) is 3.43. The average molecular weight is 400 g/mol. The third-order valence-corrected chi connectivity index (χ3v) is 4.94. The molecule has 4 aromatic rings. The van der Waals surface area contributed by atoms with Crippen molar-refractivity contribution in [2.75, 3.05) is 13.7 Å². The number of imidazole rings is 1.